The number of hydrogen-bond acceptors (Lipinski definition) is 10. The fourth-order valence-electron chi connectivity index (χ4n) is 6.39. The summed E-state index contributed by atoms with van der Waals surface area (Å²) in [6, 6.07) is 11.8. The van der Waals surface area contributed by atoms with E-state index in [1.165, 1.54) is 21.6 Å². The van der Waals surface area contributed by atoms with Crippen LogP contribution in [0.1, 0.15) is 50.8 Å². The highest BCUT2D eigenvalue weighted by molar-refractivity contribution is 7.98. The van der Waals surface area contributed by atoms with E-state index in [0.29, 0.717) is 30.9 Å². The van der Waals surface area contributed by atoms with Gasteiger partial charge in [-0.05, 0) is 34.9 Å². The zero-order chi connectivity index (χ0) is 40.3. The third kappa shape index (κ3) is 12.2. The molecule has 2 aromatic rings. The standard InChI is InChI=1S/C39H54N6O9S/c1-39(2,3)34-38(52)45-22-27(54-17-11-16-53-26-15-10-12-24(18-26)19-30(46)43-34)20-29(45)35(49)41-28(23-55-6)33(48)36(50)40-21-31(47)42-32(37(51)44(4)5)25-13-8-7-9-14-25/h7-10,12-15,18,27-29,32-34,48H,11,16-17,19-23H2,1-6H3,(H,40,50)(H,41,49)(H,42,47)(H,43,46)/t27-,28?,29+,32+,33?,34-/m1/s1. The van der Waals surface area contributed by atoms with Crippen molar-refractivity contribution in [2.24, 2.45) is 5.41 Å². The highest BCUT2D eigenvalue weighted by Crippen LogP contribution is 2.28. The van der Waals surface area contributed by atoms with E-state index in [0.717, 1.165) is 5.56 Å². The van der Waals surface area contributed by atoms with E-state index >= 15 is 0 Å². The Hall–Kier alpha value is -4.67. The maximum absolute atomic E-state index is 14.3. The molecule has 55 heavy (non-hydrogen) atoms. The van der Waals surface area contributed by atoms with Crippen molar-refractivity contribution in [3.8, 4) is 5.75 Å². The molecular formula is C39H54N6O9S. The van der Waals surface area contributed by atoms with Crippen LogP contribution in [0.15, 0.2) is 54.6 Å². The van der Waals surface area contributed by atoms with Crippen molar-refractivity contribution < 1.29 is 43.3 Å². The summed E-state index contributed by atoms with van der Waals surface area (Å²) in [5.41, 5.74) is 0.544. The van der Waals surface area contributed by atoms with Gasteiger partial charge in [0.25, 0.3) is 5.91 Å². The highest BCUT2D eigenvalue weighted by Gasteiger charge is 2.46. The summed E-state index contributed by atoms with van der Waals surface area (Å²) in [4.78, 5) is 83.3. The molecule has 2 aliphatic rings. The van der Waals surface area contributed by atoms with Crippen molar-refractivity contribution >= 4 is 47.2 Å². The first kappa shape index (κ1) is 43.1. The number of likely N-dealkylation sites (N-methyl/N-ethyl adjacent to an activating group) is 1. The Kier molecular flexibility index (Phi) is 15.5. The first-order valence-electron chi connectivity index (χ1n) is 18.3. The van der Waals surface area contributed by atoms with E-state index in [-0.39, 0.29) is 37.0 Å². The topological polar surface area (TPSA) is 196 Å². The van der Waals surface area contributed by atoms with E-state index < -0.39 is 72.0 Å². The molecule has 2 aliphatic heterocycles. The van der Waals surface area contributed by atoms with Gasteiger partial charge in [-0.3, -0.25) is 28.8 Å². The van der Waals surface area contributed by atoms with Gasteiger partial charge < -0.3 is 45.6 Å². The van der Waals surface area contributed by atoms with Gasteiger partial charge in [-0.1, -0.05) is 63.2 Å². The number of rotatable bonds is 11. The first-order chi connectivity index (χ1) is 26.1. The van der Waals surface area contributed by atoms with Gasteiger partial charge in [-0.15, -0.1) is 0 Å². The molecule has 2 unspecified atom stereocenters. The molecule has 0 aromatic heterocycles. The predicted octanol–water partition coefficient (Wildman–Crippen LogP) is 0.799. The highest BCUT2D eigenvalue weighted by atomic mass is 32.2. The van der Waals surface area contributed by atoms with Gasteiger partial charge in [0.2, 0.25) is 29.5 Å². The largest absolute Gasteiger partial charge is 0.493 e. The summed E-state index contributed by atoms with van der Waals surface area (Å²) in [5.74, 6) is -2.62. The molecule has 0 radical (unpaired) electrons. The van der Waals surface area contributed by atoms with Crippen LogP contribution in [0.25, 0.3) is 0 Å². The van der Waals surface area contributed by atoms with Crippen LogP contribution in [-0.4, -0.2) is 133 Å². The third-order valence-corrected chi connectivity index (χ3v) is 10.0. The molecule has 0 saturated carbocycles. The van der Waals surface area contributed by atoms with Crippen molar-refractivity contribution in [2.75, 3.05) is 52.4 Å². The lowest BCUT2D eigenvalue weighted by Crippen LogP contribution is -2.60. The molecule has 1 fully saturated rings. The normalized spacial score (nSPS) is 20.9. The molecule has 16 heteroatoms. The number of amides is 6. The SMILES string of the molecule is CSCC(NC(=O)[C@@H]1C[C@@H]2CN1C(=O)[C@H](C(C)(C)C)NC(=O)Cc1cccc(c1)OCCCO2)C(O)C(=O)NCC(=O)N[C@H](C(=O)N(C)C)c1ccccc1. The Labute approximate surface area is 326 Å². The van der Waals surface area contributed by atoms with Gasteiger partial charge in [0.15, 0.2) is 6.10 Å². The molecule has 4 bridgehead atoms. The van der Waals surface area contributed by atoms with Crippen LogP contribution in [0.5, 0.6) is 5.75 Å². The van der Waals surface area contributed by atoms with E-state index in [1.54, 1.807) is 62.8 Å². The van der Waals surface area contributed by atoms with Gasteiger partial charge in [-0.2, -0.15) is 11.8 Å². The Bertz CT molecular complexity index is 1670. The van der Waals surface area contributed by atoms with Crippen molar-refractivity contribution in [3.05, 3.63) is 65.7 Å². The van der Waals surface area contributed by atoms with Gasteiger partial charge in [-0.25, -0.2) is 0 Å². The fraction of sp³-hybridized carbons (Fsp3) is 0.538. The summed E-state index contributed by atoms with van der Waals surface area (Å²) in [6.45, 7) is 5.71. The molecule has 4 rings (SSSR count). The van der Waals surface area contributed by atoms with Crippen LogP contribution < -0.4 is 26.0 Å². The Morgan fingerprint density at radius 1 is 1.04 bits per heavy atom. The lowest BCUT2D eigenvalue weighted by atomic mass is 9.85. The number of fused-ring (bicyclic) bond motifs is 4. The molecule has 0 aliphatic carbocycles. The molecule has 0 spiro atoms. The lowest BCUT2D eigenvalue weighted by Gasteiger charge is -2.36. The molecule has 5 N–H and O–H groups in total. The Morgan fingerprint density at radius 2 is 1.76 bits per heavy atom. The second-order valence-corrected chi connectivity index (χ2v) is 15.9. The summed E-state index contributed by atoms with van der Waals surface area (Å²) < 4.78 is 12.0. The van der Waals surface area contributed by atoms with E-state index in [1.807, 2.05) is 32.9 Å². The van der Waals surface area contributed by atoms with Crippen molar-refractivity contribution in [3.63, 3.8) is 0 Å². The lowest BCUT2D eigenvalue weighted by molar-refractivity contribution is -0.144. The van der Waals surface area contributed by atoms with Crippen LogP contribution in [0.4, 0.5) is 0 Å². The van der Waals surface area contributed by atoms with Crippen LogP contribution in [-0.2, 0) is 39.9 Å². The minimum Gasteiger partial charge on any atom is -0.493 e. The number of benzene rings is 2. The second kappa shape index (κ2) is 19.8. The predicted molar refractivity (Wildman–Crippen MR) is 207 cm³/mol. The van der Waals surface area contributed by atoms with Crippen LogP contribution in [0.2, 0.25) is 0 Å². The number of ether oxygens (including phenoxy) is 2. The first-order valence-corrected chi connectivity index (χ1v) is 19.7. The minimum atomic E-state index is -1.76. The van der Waals surface area contributed by atoms with Gasteiger partial charge in [0, 0.05) is 39.2 Å². The van der Waals surface area contributed by atoms with E-state index in [4.69, 9.17) is 9.47 Å². The zero-order valence-electron chi connectivity index (χ0n) is 32.3. The number of nitrogens with one attached hydrogen (secondary N) is 4. The molecule has 2 aromatic carbocycles. The maximum atomic E-state index is 14.3. The van der Waals surface area contributed by atoms with Gasteiger partial charge in [0.1, 0.15) is 23.9 Å². The molecule has 300 valence electrons. The number of aliphatic hydroxyl groups excluding tert-OH is 1. The fourth-order valence-corrected chi connectivity index (χ4v) is 7.02. The average Bonchev–Trinajstić information content (AvgIpc) is 3.58. The minimum absolute atomic E-state index is 0.0203. The van der Waals surface area contributed by atoms with Crippen molar-refractivity contribution in [1.82, 2.24) is 31.1 Å². The van der Waals surface area contributed by atoms with E-state index in [2.05, 4.69) is 21.3 Å². The van der Waals surface area contributed by atoms with Crippen LogP contribution in [0, 0.1) is 5.41 Å². The quantitative estimate of drug-likeness (QED) is 0.218. The maximum Gasteiger partial charge on any atom is 0.251 e. The molecular weight excluding hydrogens is 729 g/mol. The molecule has 15 nitrogen and oxygen atoms in total. The zero-order valence-corrected chi connectivity index (χ0v) is 33.1. The van der Waals surface area contributed by atoms with Crippen molar-refractivity contribution in [1.29, 1.82) is 0 Å². The van der Waals surface area contributed by atoms with Crippen LogP contribution in [0.3, 0.4) is 0 Å². The number of thioether (sulfide) groups is 1. The summed E-state index contributed by atoms with van der Waals surface area (Å²) in [7, 11) is 3.13. The summed E-state index contributed by atoms with van der Waals surface area (Å²) in [6.07, 6.45) is 0.191. The number of aliphatic hydroxyl groups is 1. The Morgan fingerprint density at radius 3 is 2.44 bits per heavy atom. The Balaban J connectivity index is 1.46. The monoisotopic (exact) mass is 782 g/mol. The van der Waals surface area contributed by atoms with Crippen molar-refractivity contribution in [2.45, 2.75) is 76.4 Å². The number of carbonyl (C=O) groups is 6. The average molecular weight is 783 g/mol. The third-order valence-electron chi connectivity index (χ3n) is 9.31. The number of hydrogen-bond donors (Lipinski definition) is 5. The van der Waals surface area contributed by atoms with E-state index in [9.17, 15) is 33.9 Å². The summed E-state index contributed by atoms with van der Waals surface area (Å²) >= 11 is 1.28. The molecule has 6 amide bonds. The number of nitrogens with zero attached hydrogens (tertiary/aromatic N) is 2. The smallest absolute Gasteiger partial charge is 0.251 e. The number of carbonyl (C=O) groups excluding carboxylic acids is 6. The van der Waals surface area contributed by atoms with Crippen LogP contribution >= 0.6 is 11.8 Å². The second-order valence-electron chi connectivity index (χ2n) is 15.0. The molecule has 1 saturated heterocycles. The van der Waals surface area contributed by atoms with Gasteiger partial charge in [0.05, 0.1) is 38.3 Å². The summed E-state index contributed by atoms with van der Waals surface area (Å²) in [5, 5.41) is 21.8. The van der Waals surface area contributed by atoms with Gasteiger partial charge >= 0.3 is 0 Å². The molecule has 6 atom stereocenters. The molecule has 2 heterocycles.